The van der Waals surface area contributed by atoms with Crippen LogP contribution in [0.4, 0.5) is 0 Å². The van der Waals surface area contributed by atoms with Crippen molar-refractivity contribution in [2.45, 2.75) is 19.6 Å². The van der Waals surface area contributed by atoms with Gasteiger partial charge in [0.15, 0.2) is 0 Å². The fraction of sp³-hybridized carbons (Fsp3) is 0.250. The van der Waals surface area contributed by atoms with E-state index in [9.17, 15) is 0 Å². The summed E-state index contributed by atoms with van der Waals surface area (Å²) in [5, 5.41) is 0.572. The average molecular weight is 292 g/mol. The Labute approximate surface area is 124 Å². The maximum Gasteiger partial charge on any atom is 0.138 e. The summed E-state index contributed by atoms with van der Waals surface area (Å²) in [5.41, 5.74) is 7.83. The Morgan fingerprint density at radius 2 is 2.00 bits per heavy atom. The molecule has 2 N–H and O–H groups in total. The maximum atomic E-state index is 6.19. The van der Waals surface area contributed by atoms with E-state index >= 15 is 0 Å². The number of hydrogen-bond acceptors (Lipinski definition) is 3. The first-order valence-electron chi connectivity index (χ1n) is 6.41. The third-order valence-electron chi connectivity index (χ3n) is 3.01. The van der Waals surface area contributed by atoms with Crippen molar-refractivity contribution in [3.05, 3.63) is 58.6 Å². The van der Waals surface area contributed by atoms with Gasteiger partial charge in [0.2, 0.25) is 0 Å². The van der Waals surface area contributed by atoms with Crippen LogP contribution in [0.1, 0.15) is 24.1 Å². The van der Waals surface area contributed by atoms with Crippen LogP contribution in [0.3, 0.4) is 0 Å². The molecule has 0 spiro atoms. The van der Waals surface area contributed by atoms with Crippen LogP contribution in [0, 0.1) is 0 Å². The van der Waals surface area contributed by atoms with Crippen LogP contribution in [0.5, 0.6) is 11.5 Å². The fourth-order valence-electron chi connectivity index (χ4n) is 1.84. The molecule has 106 valence electrons. The first kappa shape index (κ1) is 14.7. The lowest BCUT2D eigenvalue weighted by atomic mass is 10.1. The topological polar surface area (TPSA) is 44.5 Å². The second-order valence-electron chi connectivity index (χ2n) is 4.62. The molecule has 2 aromatic carbocycles. The summed E-state index contributed by atoms with van der Waals surface area (Å²) in [6, 6.07) is 13.3. The van der Waals surface area contributed by atoms with Gasteiger partial charge >= 0.3 is 0 Å². The van der Waals surface area contributed by atoms with Crippen LogP contribution in [0.2, 0.25) is 5.02 Å². The van der Waals surface area contributed by atoms with E-state index < -0.39 is 0 Å². The van der Waals surface area contributed by atoms with Gasteiger partial charge in [-0.3, -0.25) is 0 Å². The quantitative estimate of drug-likeness (QED) is 0.907. The molecule has 20 heavy (non-hydrogen) atoms. The molecule has 0 saturated carbocycles. The molecule has 0 aromatic heterocycles. The first-order valence-corrected chi connectivity index (χ1v) is 6.78. The van der Waals surface area contributed by atoms with Crippen LogP contribution in [-0.2, 0) is 6.61 Å². The number of benzene rings is 2. The third kappa shape index (κ3) is 3.65. The maximum absolute atomic E-state index is 6.19. The van der Waals surface area contributed by atoms with Gasteiger partial charge < -0.3 is 15.2 Å². The lowest BCUT2D eigenvalue weighted by Gasteiger charge is -2.11. The highest BCUT2D eigenvalue weighted by molar-refractivity contribution is 6.32. The number of ether oxygens (including phenoxy) is 2. The summed E-state index contributed by atoms with van der Waals surface area (Å²) in [7, 11) is 1.64. The summed E-state index contributed by atoms with van der Waals surface area (Å²) in [6.45, 7) is 2.36. The third-order valence-corrected chi connectivity index (χ3v) is 3.31. The molecule has 1 atom stereocenters. The summed E-state index contributed by atoms with van der Waals surface area (Å²) >= 11 is 6.19. The average Bonchev–Trinajstić information content (AvgIpc) is 2.46. The lowest BCUT2D eigenvalue weighted by Crippen LogP contribution is -2.05. The Morgan fingerprint density at radius 1 is 1.20 bits per heavy atom. The molecular weight excluding hydrogens is 274 g/mol. The molecule has 0 bridgehead atoms. The van der Waals surface area contributed by atoms with Crippen LogP contribution in [0.25, 0.3) is 0 Å². The molecule has 0 amide bonds. The minimum absolute atomic E-state index is 0.0417. The summed E-state index contributed by atoms with van der Waals surface area (Å²) < 4.78 is 10.9. The van der Waals surface area contributed by atoms with Crippen molar-refractivity contribution in [2.24, 2.45) is 5.73 Å². The van der Waals surface area contributed by atoms with E-state index in [1.165, 1.54) is 0 Å². The molecule has 0 aliphatic heterocycles. The Bertz CT molecular complexity index is 584. The molecule has 0 aliphatic rings. The van der Waals surface area contributed by atoms with Gasteiger partial charge in [-0.1, -0.05) is 29.8 Å². The molecule has 2 aromatic rings. The summed E-state index contributed by atoms with van der Waals surface area (Å²) in [4.78, 5) is 0. The standard InChI is InChI=1S/C16H18ClNO2/c1-11(18)13-6-7-16(15(17)9-13)20-10-12-4-3-5-14(8-12)19-2/h3-9,11H,10,18H2,1-2H3/t11-/m0/s1. The van der Waals surface area contributed by atoms with Crippen LogP contribution in [0.15, 0.2) is 42.5 Å². The summed E-state index contributed by atoms with van der Waals surface area (Å²) in [6.07, 6.45) is 0. The van der Waals surface area contributed by atoms with Gasteiger partial charge in [-0.15, -0.1) is 0 Å². The van der Waals surface area contributed by atoms with E-state index in [2.05, 4.69) is 0 Å². The first-order chi connectivity index (χ1) is 9.60. The van der Waals surface area contributed by atoms with Crippen LogP contribution >= 0.6 is 11.6 Å². The van der Waals surface area contributed by atoms with Crippen LogP contribution in [-0.4, -0.2) is 7.11 Å². The van der Waals surface area contributed by atoms with Crippen molar-refractivity contribution in [2.75, 3.05) is 7.11 Å². The van der Waals surface area contributed by atoms with Crippen LogP contribution < -0.4 is 15.2 Å². The molecule has 0 saturated heterocycles. The van der Waals surface area contributed by atoms with Crippen molar-refractivity contribution in [1.82, 2.24) is 0 Å². The molecule has 0 fully saturated rings. The van der Waals surface area contributed by atoms with E-state index in [0.717, 1.165) is 16.9 Å². The zero-order chi connectivity index (χ0) is 14.5. The van der Waals surface area contributed by atoms with Gasteiger partial charge in [-0.05, 0) is 42.3 Å². The lowest BCUT2D eigenvalue weighted by molar-refractivity contribution is 0.305. The predicted molar refractivity (Wildman–Crippen MR) is 81.4 cm³/mol. The van der Waals surface area contributed by atoms with Gasteiger partial charge in [0.05, 0.1) is 12.1 Å². The minimum atomic E-state index is -0.0417. The van der Waals surface area contributed by atoms with E-state index in [0.29, 0.717) is 17.4 Å². The molecule has 0 unspecified atom stereocenters. The summed E-state index contributed by atoms with van der Waals surface area (Å²) in [5.74, 6) is 1.46. The largest absolute Gasteiger partial charge is 0.497 e. The van der Waals surface area contributed by atoms with Crippen molar-refractivity contribution >= 4 is 11.6 Å². The Kier molecular flexibility index (Phi) is 4.88. The Hall–Kier alpha value is -1.71. The van der Waals surface area contributed by atoms with Gasteiger partial charge in [0.25, 0.3) is 0 Å². The molecule has 3 nitrogen and oxygen atoms in total. The molecule has 0 heterocycles. The number of nitrogens with two attached hydrogens (primary N) is 1. The van der Waals surface area contributed by atoms with Crippen molar-refractivity contribution < 1.29 is 9.47 Å². The SMILES string of the molecule is COc1cccc(COc2ccc([C@H](C)N)cc2Cl)c1. The number of rotatable bonds is 5. The second-order valence-corrected chi connectivity index (χ2v) is 5.03. The van der Waals surface area contributed by atoms with Crippen molar-refractivity contribution in [1.29, 1.82) is 0 Å². The zero-order valence-electron chi connectivity index (χ0n) is 11.6. The smallest absolute Gasteiger partial charge is 0.138 e. The van der Waals surface area contributed by atoms with Crippen molar-refractivity contribution in [3.8, 4) is 11.5 Å². The highest BCUT2D eigenvalue weighted by Gasteiger charge is 2.06. The Morgan fingerprint density at radius 3 is 2.65 bits per heavy atom. The minimum Gasteiger partial charge on any atom is -0.497 e. The zero-order valence-corrected chi connectivity index (χ0v) is 12.4. The Balaban J connectivity index is 2.07. The number of hydrogen-bond donors (Lipinski definition) is 1. The number of halogens is 1. The predicted octanol–water partition coefficient (Wildman–Crippen LogP) is 3.95. The molecule has 4 heteroatoms. The normalized spacial score (nSPS) is 12.0. The molecule has 0 radical (unpaired) electrons. The van der Waals surface area contributed by atoms with E-state index in [4.69, 9.17) is 26.8 Å². The van der Waals surface area contributed by atoms with Gasteiger partial charge in [0, 0.05) is 6.04 Å². The molecule has 2 rings (SSSR count). The van der Waals surface area contributed by atoms with Gasteiger partial charge in [-0.25, -0.2) is 0 Å². The molecule has 0 aliphatic carbocycles. The second kappa shape index (κ2) is 6.64. The van der Waals surface area contributed by atoms with Crippen molar-refractivity contribution in [3.63, 3.8) is 0 Å². The van der Waals surface area contributed by atoms with Gasteiger partial charge in [0.1, 0.15) is 18.1 Å². The van der Waals surface area contributed by atoms with E-state index in [1.54, 1.807) is 7.11 Å². The highest BCUT2D eigenvalue weighted by atomic mass is 35.5. The van der Waals surface area contributed by atoms with E-state index in [1.807, 2.05) is 49.4 Å². The number of methoxy groups -OCH3 is 1. The van der Waals surface area contributed by atoms with E-state index in [-0.39, 0.29) is 6.04 Å². The van der Waals surface area contributed by atoms with Gasteiger partial charge in [-0.2, -0.15) is 0 Å². The fourth-order valence-corrected chi connectivity index (χ4v) is 2.08. The molecular formula is C16H18ClNO2. The monoisotopic (exact) mass is 291 g/mol. The highest BCUT2D eigenvalue weighted by Crippen LogP contribution is 2.28.